The maximum atomic E-state index is 12.7. The van der Waals surface area contributed by atoms with Crippen LogP contribution < -0.4 is 4.74 Å². The minimum Gasteiger partial charge on any atom is -0.494 e. The summed E-state index contributed by atoms with van der Waals surface area (Å²) in [4.78, 5) is 2.43. The Labute approximate surface area is 138 Å². The minimum absolute atomic E-state index is 0.0377. The van der Waals surface area contributed by atoms with E-state index in [1.54, 1.807) is 24.3 Å². The molecule has 0 radical (unpaired) electrons. The van der Waals surface area contributed by atoms with Crippen molar-refractivity contribution in [2.45, 2.75) is 18.7 Å². The van der Waals surface area contributed by atoms with E-state index in [4.69, 9.17) is 10.00 Å². The summed E-state index contributed by atoms with van der Waals surface area (Å²) in [5.41, 5.74) is 0. The number of hydrogen-bond donors (Lipinski definition) is 0. The highest BCUT2D eigenvalue weighted by Crippen LogP contribution is 2.21. The minimum atomic E-state index is -3.47. The van der Waals surface area contributed by atoms with Gasteiger partial charge in [0, 0.05) is 32.7 Å². The SMILES string of the molecule is CCOc1ccc(S(=O)(=O)N2CCN(C[C@H](C)C#N)CC2)cc1. The van der Waals surface area contributed by atoms with Gasteiger partial charge in [-0.05, 0) is 38.1 Å². The number of hydrogen-bond acceptors (Lipinski definition) is 5. The largest absolute Gasteiger partial charge is 0.494 e. The lowest BCUT2D eigenvalue weighted by Crippen LogP contribution is -2.49. The van der Waals surface area contributed by atoms with Gasteiger partial charge in [0.15, 0.2) is 0 Å². The fourth-order valence-electron chi connectivity index (χ4n) is 2.60. The standard InChI is InChI=1S/C16H23N3O3S/c1-3-22-15-4-6-16(7-5-15)23(20,21)19-10-8-18(9-11-19)13-14(2)12-17/h4-7,14H,3,8-11,13H2,1-2H3/t14-/m1/s1. The quantitative estimate of drug-likeness (QED) is 0.787. The summed E-state index contributed by atoms with van der Waals surface area (Å²) in [7, 11) is -3.47. The van der Waals surface area contributed by atoms with Gasteiger partial charge >= 0.3 is 0 Å². The van der Waals surface area contributed by atoms with Gasteiger partial charge in [0.1, 0.15) is 5.75 Å². The highest BCUT2D eigenvalue weighted by atomic mass is 32.2. The van der Waals surface area contributed by atoms with Gasteiger partial charge in [-0.2, -0.15) is 9.57 Å². The lowest BCUT2D eigenvalue weighted by Gasteiger charge is -2.34. The van der Waals surface area contributed by atoms with Crippen molar-refractivity contribution in [3.63, 3.8) is 0 Å². The Morgan fingerprint density at radius 3 is 2.35 bits per heavy atom. The highest BCUT2D eigenvalue weighted by molar-refractivity contribution is 7.89. The summed E-state index contributed by atoms with van der Waals surface area (Å²) < 4.78 is 32.2. The van der Waals surface area contributed by atoms with Crippen LogP contribution in [0.2, 0.25) is 0 Å². The molecule has 0 bridgehead atoms. The molecule has 23 heavy (non-hydrogen) atoms. The summed E-state index contributed by atoms with van der Waals surface area (Å²) in [5, 5.41) is 8.86. The van der Waals surface area contributed by atoms with Gasteiger partial charge in [-0.25, -0.2) is 8.42 Å². The second-order valence-corrected chi connectivity index (χ2v) is 7.58. The van der Waals surface area contributed by atoms with E-state index in [1.807, 2.05) is 13.8 Å². The summed E-state index contributed by atoms with van der Waals surface area (Å²) >= 11 is 0. The summed E-state index contributed by atoms with van der Waals surface area (Å²) in [6.07, 6.45) is 0. The third-order valence-electron chi connectivity index (χ3n) is 3.86. The summed E-state index contributed by atoms with van der Waals surface area (Å²) in [6, 6.07) is 8.75. The number of nitriles is 1. The lowest BCUT2D eigenvalue weighted by atomic mass is 10.2. The van der Waals surface area contributed by atoms with Crippen LogP contribution in [0.1, 0.15) is 13.8 Å². The third-order valence-corrected chi connectivity index (χ3v) is 5.77. The number of piperazine rings is 1. The van der Waals surface area contributed by atoms with Crippen molar-refractivity contribution in [2.75, 3.05) is 39.3 Å². The Bertz CT molecular complexity index is 644. The fourth-order valence-corrected chi connectivity index (χ4v) is 4.03. The molecule has 6 nitrogen and oxygen atoms in total. The Hall–Kier alpha value is -1.62. The van der Waals surface area contributed by atoms with E-state index in [0.717, 1.165) is 0 Å². The molecule has 0 aliphatic carbocycles. The molecule has 0 amide bonds. The van der Waals surface area contributed by atoms with Crippen LogP contribution in [0.5, 0.6) is 5.75 Å². The number of nitrogens with zero attached hydrogens (tertiary/aromatic N) is 3. The Kier molecular flexibility index (Phi) is 5.99. The zero-order valence-corrected chi connectivity index (χ0v) is 14.4. The van der Waals surface area contributed by atoms with Crippen molar-refractivity contribution >= 4 is 10.0 Å². The molecule has 0 unspecified atom stereocenters. The number of benzene rings is 1. The molecular weight excluding hydrogens is 314 g/mol. The van der Waals surface area contributed by atoms with Crippen molar-refractivity contribution in [3.8, 4) is 11.8 Å². The maximum Gasteiger partial charge on any atom is 0.243 e. The van der Waals surface area contributed by atoms with E-state index < -0.39 is 10.0 Å². The van der Waals surface area contributed by atoms with Crippen LogP contribution in [0.15, 0.2) is 29.2 Å². The predicted molar refractivity (Wildman–Crippen MR) is 87.6 cm³/mol. The van der Waals surface area contributed by atoms with Gasteiger partial charge in [0.05, 0.1) is 23.5 Å². The van der Waals surface area contributed by atoms with E-state index in [0.29, 0.717) is 50.0 Å². The van der Waals surface area contributed by atoms with E-state index in [-0.39, 0.29) is 5.92 Å². The molecule has 1 heterocycles. The predicted octanol–water partition coefficient (Wildman–Crippen LogP) is 1.55. The van der Waals surface area contributed by atoms with Crippen molar-refractivity contribution in [2.24, 2.45) is 5.92 Å². The normalized spacial score (nSPS) is 18.3. The molecule has 1 aliphatic heterocycles. The average molecular weight is 337 g/mol. The molecule has 1 aliphatic rings. The van der Waals surface area contributed by atoms with E-state index in [2.05, 4.69) is 11.0 Å². The van der Waals surface area contributed by atoms with Crippen molar-refractivity contribution in [1.29, 1.82) is 5.26 Å². The van der Waals surface area contributed by atoms with E-state index in [9.17, 15) is 8.42 Å². The van der Waals surface area contributed by atoms with Gasteiger partial charge in [-0.15, -0.1) is 0 Å². The zero-order valence-electron chi connectivity index (χ0n) is 13.6. The van der Waals surface area contributed by atoms with Crippen molar-refractivity contribution in [3.05, 3.63) is 24.3 Å². The second-order valence-electron chi connectivity index (χ2n) is 5.64. The fraction of sp³-hybridized carbons (Fsp3) is 0.562. The van der Waals surface area contributed by atoms with Crippen LogP contribution in [0.4, 0.5) is 0 Å². The van der Waals surface area contributed by atoms with Gasteiger partial charge in [-0.3, -0.25) is 4.90 Å². The van der Waals surface area contributed by atoms with Gasteiger partial charge in [0.25, 0.3) is 0 Å². The first kappa shape index (κ1) is 17.7. The molecule has 0 N–H and O–H groups in total. The number of ether oxygens (including phenoxy) is 1. The maximum absolute atomic E-state index is 12.7. The van der Waals surface area contributed by atoms with Crippen LogP contribution in [-0.4, -0.2) is 57.0 Å². The molecular formula is C16H23N3O3S. The molecule has 7 heteroatoms. The molecule has 1 saturated heterocycles. The molecule has 0 spiro atoms. The van der Waals surface area contributed by atoms with Gasteiger partial charge in [0.2, 0.25) is 10.0 Å². The molecule has 1 aromatic carbocycles. The topological polar surface area (TPSA) is 73.6 Å². The molecule has 126 valence electrons. The van der Waals surface area contributed by atoms with Crippen LogP contribution in [0.3, 0.4) is 0 Å². The van der Waals surface area contributed by atoms with Crippen molar-refractivity contribution < 1.29 is 13.2 Å². The van der Waals surface area contributed by atoms with E-state index in [1.165, 1.54) is 4.31 Å². The van der Waals surface area contributed by atoms with Crippen LogP contribution in [-0.2, 0) is 10.0 Å². The van der Waals surface area contributed by atoms with Crippen LogP contribution in [0, 0.1) is 17.2 Å². The molecule has 0 aromatic heterocycles. The number of rotatable bonds is 6. The monoisotopic (exact) mass is 337 g/mol. The summed E-state index contributed by atoms with van der Waals surface area (Å²) in [6.45, 7) is 7.22. The Balaban J connectivity index is 2.00. The Morgan fingerprint density at radius 1 is 1.22 bits per heavy atom. The van der Waals surface area contributed by atoms with Gasteiger partial charge in [-0.1, -0.05) is 0 Å². The molecule has 1 aromatic rings. The van der Waals surface area contributed by atoms with E-state index >= 15 is 0 Å². The molecule has 1 atom stereocenters. The first-order valence-electron chi connectivity index (χ1n) is 7.82. The average Bonchev–Trinajstić information content (AvgIpc) is 2.56. The first-order chi connectivity index (χ1) is 11.0. The van der Waals surface area contributed by atoms with Gasteiger partial charge < -0.3 is 4.74 Å². The molecule has 0 saturated carbocycles. The van der Waals surface area contributed by atoms with Crippen molar-refractivity contribution in [1.82, 2.24) is 9.21 Å². The smallest absolute Gasteiger partial charge is 0.243 e. The van der Waals surface area contributed by atoms with Crippen LogP contribution >= 0.6 is 0 Å². The third kappa shape index (κ3) is 4.44. The lowest BCUT2D eigenvalue weighted by molar-refractivity contribution is 0.178. The zero-order chi connectivity index (χ0) is 16.9. The Morgan fingerprint density at radius 2 is 1.83 bits per heavy atom. The van der Waals surface area contributed by atoms with Crippen LogP contribution in [0.25, 0.3) is 0 Å². The second kappa shape index (κ2) is 7.77. The number of sulfonamides is 1. The highest BCUT2D eigenvalue weighted by Gasteiger charge is 2.28. The first-order valence-corrected chi connectivity index (χ1v) is 9.26. The molecule has 1 fully saturated rings. The molecule has 2 rings (SSSR count). The summed E-state index contributed by atoms with van der Waals surface area (Å²) in [5.74, 6) is 0.631.